The standard InChI is InChI=1S/C22H25N3O/c1-14-17(5-3-7-20(14)23)18-6-4-8-21-19(18)13-22(24-21)16-9-11-25(12-10-16)15(2)26/h3-8,13,16,24H,9-12,23H2,1-2H3. The molecule has 3 aromatic rings. The number of anilines is 1. The van der Waals surface area contributed by atoms with Crippen molar-refractivity contribution < 1.29 is 4.79 Å². The van der Waals surface area contributed by atoms with Gasteiger partial charge < -0.3 is 15.6 Å². The summed E-state index contributed by atoms with van der Waals surface area (Å²) in [5, 5.41) is 1.24. The molecule has 3 N–H and O–H groups in total. The maximum Gasteiger partial charge on any atom is 0.219 e. The van der Waals surface area contributed by atoms with Gasteiger partial charge in [-0.3, -0.25) is 4.79 Å². The van der Waals surface area contributed by atoms with Crippen molar-refractivity contribution in [3.8, 4) is 11.1 Å². The summed E-state index contributed by atoms with van der Waals surface area (Å²) in [7, 11) is 0. The second-order valence-corrected chi connectivity index (χ2v) is 7.29. The number of hydrogen-bond donors (Lipinski definition) is 2. The smallest absolute Gasteiger partial charge is 0.219 e. The fourth-order valence-electron chi connectivity index (χ4n) is 4.08. The Morgan fingerprint density at radius 3 is 2.54 bits per heavy atom. The number of nitrogen functional groups attached to an aromatic ring is 1. The molecule has 134 valence electrons. The lowest BCUT2D eigenvalue weighted by Gasteiger charge is -2.30. The van der Waals surface area contributed by atoms with E-state index in [1.807, 2.05) is 17.0 Å². The molecule has 1 saturated heterocycles. The fraction of sp³-hybridized carbons (Fsp3) is 0.318. The second kappa shape index (κ2) is 6.52. The van der Waals surface area contributed by atoms with E-state index in [0.29, 0.717) is 5.92 Å². The van der Waals surface area contributed by atoms with Crippen LogP contribution < -0.4 is 5.73 Å². The van der Waals surface area contributed by atoms with E-state index in [0.717, 1.165) is 42.7 Å². The molecule has 0 saturated carbocycles. The number of likely N-dealkylation sites (tertiary alicyclic amines) is 1. The Labute approximate surface area is 154 Å². The number of hydrogen-bond acceptors (Lipinski definition) is 2. The first-order valence-electron chi connectivity index (χ1n) is 9.27. The number of rotatable bonds is 2. The third-order valence-electron chi connectivity index (χ3n) is 5.73. The van der Waals surface area contributed by atoms with Gasteiger partial charge in [-0.15, -0.1) is 0 Å². The Morgan fingerprint density at radius 2 is 1.81 bits per heavy atom. The van der Waals surface area contributed by atoms with Crippen LogP contribution in [0, 0.1) is 6.92 Å². The van der Waals surface area contributed by atoms with E-state index in [1.165, 1.54) is 22.2 Å². The number of H-pyrrole nitrogens is 1. The number of piperidine rings is 1. The number of nitrogens with two attached hydrogens (primary N) is 1. The highest BCUT2D eigenvalue weighted by molar-refractivity contribution is 5.97. The van der Waals surface area contributed by atoms with Gasteiger partial charge in [0.05, 0.1) is 0 Å². The first-order valence-corrected chi connectivity index (χ1v) is 9.27. The first kappa shape index (κ1) is 16.7. The maximum atomic E-state index is 11.6. The van der Waals surface area contributed by atoms with Gasteiger partial charge in [0, 0.05) is 48.2 Å². The van der Waals surface area contributed by atoms with Crippen LogP contribution in [0.2, 0.25) is 0 Å². The van der Waals surface area contributed by atoms with E-state index >= 15 is 0 Å². The van der Waals surface area contributed by atoms with Crippen molar-refractivity contribution in [3.05, 3.63) is 53.7 Å². The molecule has 2 aromatic carbocycles. The molecule has 1 amide bonds. The Hall–Kier alpha value is -2.75. The maximum absolute atomic E-state index is 11.6. The number of carbonyl (C=O) groups is 1. The monoisotopic (exact) mass is 347 g/mol. The van der Waals surface area contributed by atoms with Crippen molar-refractivity contribution in [2.45, 2.75) is 32.6 Å². The molecule has 0 spiro atoms. The number of nitrogens with zero attached hydrogens (tertiary/aromatic N) is 1. The van der Waals surface area contributed by atoms with Crippen LogP contribution in [0.25, 0.3) is 22.0 Å². The third kappa shape index (κ3) is 2.85. The van der Waals surface area contributed by atoms with Crippen LogP contribution in [-0.4, -0.2) is 28.9 Å². The van der Waals surface area contributed by atoms with E-state index in [2.05, 4.69) is 42.2 Å². The van der Waals surface area contributed by atoms with Crippen LogP contribution in [0.15, 0.2) is 42.5 Å². The predicted octanol–water partition coefficient (Wildman–Crippen LogP) is 4.45. The molecular weight excluding hydrogens is 322 g/mol. The molecule has 0 radical (unpaired) electrons. The van der Waals surface area contributed by atoms with Gasteiger partial charge >= 0.3 is 0 Å². The third-order valence-corrected chi connectivity index (χ3v) is 5.73. The van der Waals surface area contributed by atoms with Crippen LogP contribution in [-0.2, 0) is 4.79 Å². The predicted molar refractivity (Wildman–Crippen MR) is 107 cm³/mol. The average Bonchev–Trinajstić information content (AvgIpc) is 3.08. The van der Waals surface area contributed by atoms with Crippen molar-refractivity contribution in [2.24, 2.45) is 0 Å². The highest BCUT2D eigenvalue weighted by atomic mass is 16.2. The first-order chi connectivity index (χ1) is 12.5. The number of amides is 1. The highest BCUT2D eigenvalue weighted by Gasteiger charge is 2.23. The van der Waals surface area contributed by atoms with Crippen LogP contribution in [0.3, 0.4) is 0 Å². The topological polar surface area (TPSA) is 62.1 Å². The average molecular weight is 347 g/mol. The van der Waals surface area contributed by atoms with Crippen LogP contribution >= 0.6 is 0 Å². The Balaban J connectivity index is 1.71. The SMILES string of the molecule is CC(=O)N1CCC(c2cc3c(-c4cccc(N)c4C)cccc3[nH]2)CC1. The molecule has 0 bridgehead atoms. The Kier molecular flexibility index (Phi) is 4.19. The zero-order chi connectivity index (χ0) is 18.3. The minimum absolute atomic E-state index is 0.180. The van der Waals surface area contributed by atoms with Crippen molar-refractivity contribution in [1.82, 2.24) is 9.88 Å². The van der Waals surface area contributed by atoms with Gasteiger partial charge in [-0.25, -0.2) is 0 Å². The van der Waals surface area contributed by atoms with E-state index in [1.54, 1.807) is 6.92 Å². The normalized spacial score (nSPS) is 15.5. The van der Waals surface area contributed by atoms with Crippen molar-refractivity contribution in [3.63, 3.8) is 0 Å². The minimum Gasteiger partial charge on any atom is -0.398 e. The van der Waals surface area contributed by atoms with Gasteiger partial charge in [0.2, 0.25) is 5.91 Å². The van der Waals surface area contributed by atoms with E-state index < -0.39 is 0 Å². The van der Waals surface area contributed by atoms with Gasteiger partial charge in [-0.2, -0.15) is 0 Å². The zero-order valence-electron chi connectivity index (χ0n) is 15.4. The highest BCUT2D eigenvalue weighted by Crippen LogP contribution is 2.36. The summed E-state index contributed by atoms with van der Waals surface area (Å²) >= 11 is 0. The van der Waals surface area contributed by atoms with E-state index in [4.69, 9.17) is 5.73 Å². The van der Waals surface area contributed by atoms with Crippen molar-refractivity contribution in [1.29, 1.82) is 0 Å². The Bertz CT molecular complexity index is 965. The van der Waals surface area contributed by atoms with Gasteiger partial charge in [0.25, 0.3) is 0 Å². The molecule has 26 heavy (non-hydrogen) atoms. The molecule has 2 heterocycles. The number of aromatic nitrogens is 1. The number of aromatic amines is 1. The molecule has 0 unspecified atom stereocenters. The minimum atomic E-state index is 0.180. The lowest BCUT2D eigenvalue weighted by molar-refractivity contribution is -0.129. The summed E-state index contributed by atoms with van der Waals surface area (Å²) in [6.07, 6.45) is 2.03. The molecule has 0 atom stereocenters. The summed E-state index contributed by atoms with van der Waals surface area (Å²) in [4.78, 5) is 17.1. The largest absolute Gasteiger partial charge is 0.398 e. The lowest BCUT2D eigenvalue weighted by Crippen LogP contribution is -2.36. The summed E-state index contributed by atoms with van der Waals surface area (Å²) in [6.45, 7) is 5.42. The zero-order valence-corrected chi connectivity index (χ0v) is 15.4. The lowest BCUT2D eigenvalue weighted by atomic mass is 9.92. The molecular formula is C22H25N3O. The molecule has 4 heteroatoms. The molecule has 1 aliphatic rings. The van der Waals surface area contributed by atoms with Gasteiger partial charge in [-0.1, -0.05) is 24.3 Å². The van der Waals surface area contributed by atoms with Crippen LogP contribution in [0.1, 0.15) is 36.9 Å². The molecule has 1 aliphatic heterocycles. The molecule has 1 fully saturated rings. The second-order valence-electron chi connectivity index (χ2n) is 7.29. The van der Waals surface area contributed by atoms with Gasteiger partial charge in [-0.05, 0) is 54.7 Å². The van der Waals surface area contributed by atoms with Crippen LogP contribution in [0.4, 0.5) is 5.69 Å². The van der Waals surface area contributed by atoms with E-state index in [-0.39, 0.29) is 5.91 Å². The van der Waals surface area contributed by atoms with Crippen molar-refractivity contribution >= 4 is 22.5 Å². The summed E-state index contributed by atoms with van der Waals surface area (Å²) in [5.74, 6) is 0.660. The van der Waals surface area contributed by atoms with E-state index in [9.17, 15) is 4.79 Å². The number of benzene rings is 2. The molecule has 1 aromatic heterocycles. The number of carbonyl (C=O) groups excluding carboxylic acids is 1. The number of nitrogens with one attached hydrogen (secondary N) is 1. The van der Waals surface area contributed by atoms with Crippen LogP contribution in [0.5, 0.6) is 0 Å². The molecule has 4 rings (SSSR count). The summed E-state index contributed by atoms with van der Waals surface area (Å²) < 4.78 is 0. The fourth-order valence-corrected chi connectivity index (χ4v) is 4.08. The summed E-state index contributed by atoms with van der Waals surface area (Å²) in [5.41, 5.74) is 12.9. The molecule has 0 aliphatic carbocycles. The quantitative estimate of drug-likeness (QED) is 0.673. The van der Waals surface area contributed by atoms with Crippen molar-refractivity contribution in [2.75, 3.05) is 18.8 Å². The Morgan fingerprint density at radius 1 is 1.12 bits per heavy atom. The molecule has 4 nitrogen and oxygen atoms in total. The van der Waals surface area contributed by atoms with Gasteiger partial charge in [0.1, 0.15) is 0 Å². The summed E-state index contributed by atoms with van der Waals surface area (Å²) in [6, 6.07) is 14.8. The van der Waals surface area contributed by atoms with Gasteiger partial charge in [0.15, 0.2) is 0 Å². The number of fused-ring (bicyclic) bond motifs is 1.